The minimum atomic E-state index is -3.57. The van der Waals surface area contributed by atoms with E-state index in [-0.39, 0.29) is 17.0 Å². The lowest BCUT2D eigenvalue weighted by molar-refractivity contribution is 0.338. The van der Waals surface area contributed by atoms with Crippen LogP contribution in [-0.2, 0) is 10.0 Å². The van der Waals surface area contributed by atoms with E-state index in [9.17, 15) is 8.42 Å². The van der Waals surface area contributed by atoms with Crippen LogP contribution in [0.15, 0.2) is 28.1 Å². The molecule has 2 aromatic heterocycles. The minimum Gasteiger partial charge on any atom is -0.361 e. The highest BCUT2D eigenvalue weighted by Crippen LogP contribution is 2.36. The fourth-order valence-electron chi connectivity index (χ4n) is 2.57. The average Bonchev–Trinajstić information content (AvgIpc) is 3.19. The summed E-state index contributed by atoms with van der Waals surface area (Å²) in [5, 5.41) is 4.17. The quantitative estimate of drug-likeness (QED) is 0.933. The largest absolute Gasteiger partial charge is 0.361 e. The Labute approximate surface area is 123 Å². The summed E-state index contributed by atoms with van der Waals surface area (Å²) in [6.45, 7) is 4.51. The molecule has 1 aliphatic rings. The first-order valence-electron chi connectivity index (χ1n) is 6.97. The maximum Gasteiger partial charge on any atom is 0.260 e. The number of nitrogens with zero attached hydrogens (tertiary/aromatic N) is 3. The van der Waals surface area contributed by atoms with Crippen LogP contribution < -0.4 is 0 Å². The van der Waals surface area contributed by atoms with Gasteiger partial charge in [0.05, 0.1) is 18.6 Å². The second-order valence-corrected chi connectivity index (χ2v) is 7.36. The molecule has 0 radical (unpaired) electrons. The maximum atomic E-state index is 12.6. The summed E-state index contributed by atoms with van der Waals surface area (Å²) in [7, 11) is -3.57. The van der Waals surface area contributed by atoms with Crippen molar-refractivity contribution in [1.29, 1.82) is 0 Å². The van der Waals surface area contributed by atoms with E-state index in [1.54, 1.807) is 0 Å². The van der Waals surface area contributed by atoms with Crippen molar-refractivity contribution in [1.82, 2.24) is 19.4 Å². The fourth-order valence-corrected chi connectivity index (χ4v) is 4.13. The van der Waals surface area contributed by atoms with Crippen molar-refractivity contribution < 1.29 is 12.9 Å². The second-order valence-electron chi connectivity index (χ2n) is 5.50. The third kappa shape index (κ3) is 2.49. The minimum absolute atomic E-state index is 0.113. The molecule has 21 heavy (non-hydrogen) atoms. The van der Waals surface area contributed by atoms with E-state index in [1.165, 1.54) is 16.8 Å². The zero-order valence-electron chi connectivity index (χ0n) is 12.0. The van der Waals surface area contributed by atoms with Crippen molar-refractivity contribution in [2.75, 3.05) is 6.54 Å². The molecule has 114 valence electrons. The van der Waals surface area contributed by atoms with Crippen LogP contribution in [0.3, 0.4) is 0 Å². The summed E-state index contributed by atoms with van der Waals surface area (Å²) in [4.78, 5) is 6.45. The first kappa shape index (κ1) is 14.3. The van der Waals surface area contributed by atoms with Gasteiger partial charge in [0.2, 0.25) is 0 Å². The molecule has 3 rings (SSSR count). The summed E-state index contributed by atoms with van der Waals surface area (Å²) in [6.07, 6.45) is 4.25. The van der Waals surface area contributed by atoms with Crippen molar-refractivity contribution in [2.24, 2.45) is 0 Å². The molecule has 2 aromatic rings. The molecule has 1 N–H and O–H groups in total. The van der Waals surface area contributed by atoms with Gasteiger partial charge in [0.25, 0.3) is 10.0 Å². The lowest BCUT2D eigenvalue weighted by atomic mass is 10.1. The number of nitrogens with one attached hydrogen (secondary N) is 1. The van der Waals surface area contributed by atoms with Gasteiger partial charge in [-0.3, -0.25) is 0 Å². The molecule has 0 bridgehead atoms. The number of hydrogen-bond donors (Lipinski definition) is 1. The molecule has 0 amide bonds. The molecule has 8 heteroatoms. The van der Waals surface area contributed by atoms with Crippen LogP contribution in [-0.4, -0.2) is 34.4 Å². The topological polar surface area (TPSA) is 92.1 Å². The van der Waals surface area contributed by atoms with Crippen LogP contribution in [0.5, 0.6) is 0 Å². The molecule has 0 saturated carbocycles. The van der Waals surface area contributed by atoms with Crippen LogP contribution >= 0.6 is 0 Å². The predicted octanol–water partition coefficient (Wildman–Crippen LogP) is 2.05. The number of aromatic nitrogens is 3. The zero-order chi connectivity index (χ0) is 15.0. The number of sulfonamides is 1. The molecule has 7 nitrogen and oxygen atoms in total. The van der Waals surface area contributed by atoms with E-state index >= 15 is 0 Å². The summed E-state index contributed by atoms with van der Waals surface area (Å²) in [5.74, 6) is 1.00. The predicted molar refractivity (Wildman–Crippen MR) is 75.0 cm³/mol. The Bertz CT molecular complexity index is 706. The van der Waals surface area contributed by atoms with Crippen LogP contribution in [0.25, 0.3) is 0 Å². The standard InChI is InChI=1S/C13H18N4O3S/c1-9(2)12-6-10(16-20-12)11-4-3-5-17(11)21(18,19)13-7-14-8-15-13/h6-9,11H,3-5H2,1-2H3,(H,14,15)/t11-/m0/s1. The number of imidazole rings is 1. The Morgan fingerprint density at radius 3 is 2.90 bits per heavy atom. The lowest BCUT2D eigenvalue weighted by Crippen LogP contribution is -2.31. The summed E-state index contributed by atoms with van der Waals surface area (Å²) in [6, 6.07) is 1.59. The summed E-state index contributed by atoms with van der Waals surface area (Å²) < 4.78 is 32.0. The van der Waals surface area contributed by atoms with E-state index in [4.69, 9.17) is 4.52 Å². The van der Waals surface area contributed by atoms with Gasteiger partial charge in [-0.25, -0.2) is 13.4 Å². The Balaban J connectivity index is 1.92. The van der Waals surface area contributed by atoms with Gasteiger partial charge in [-0.05, 0) is 12.8 Å². The molecule has 0 spiro atoms. The van der Waals surface area contributed by atoms with E-state index in [1.807, 2.05) is 19.9 Å². The normalized spacial score (nSPS) is 20.4. The van der Waals surface area contributed by atoms with Gasteiger partial charge < -0.3 is 9.51 Å². The van der Waals surface area contributed by atoms with E-state index < -0.39 is 10.0 Å². The van der Waals surface area contributed by atoms with E-state index in [0.29, 0.717) is 12.2 Å². The summed E-state index contributed by atoms with van der Waals surface area (Å²) >= 11 is 0. The molecular formula is C13H18N4O3S. The van der Waals surface area contributed by atoms with Crippen molar-refractivity contribution in [2.45, 2.75) is 43.7 Å². The Morgan fingerprint density at radius 2 is 2.29 bits per heavy atom. The Hall–Kier alpha value is -1.67. The Kier molecular flexibility index (Phi) is 3.58. The van der Waals surface area contributed by atoms with E-state index in [0.717, 1.165) is 18.6 Å². The van der Waals surface area contributed by atoms with E-state index in [2.05, 4.69) is 15.1 Å². The van der Waals surface area contributed by atoms with Gasteiger partial charge in [-0.2, -0.15) is 4.31 Å². The third-order valence-electron chi connectivity index (χ3n) is 3.72. The number of H-pyrrole nitrogens is 1. The van der Waals surface area contributed by atoms with Crippen LogP contribution in [0.2, 0.25) is 0 Å². The molecule has 1 atom stereocenters. The molecule has 0 aromatic carbocycles. The molecule has 1 aliphatic heterocycles. The van der Waals surface area contributed by atoms with Gasteiger partial charge >= 0.3 is 0 Å². The first-order chi connectivity index (χ1) is 10.00. The number of rotatable bonds is 4. The van der Waals surface area contributed by atoms with Crippen molar-refractivity contribution in [3.63, 3.8) is 0 Å². The molecule has 1 fully saturated rings. The zero-order valence-corrected chi connectivity index (χ0v) is 12.8. The highest BCUT2D eigenvalue weighted by atomic mass is 32.2. The Morgan fingerprint density at radius 1 is 1.48 bits per heavy atom. The van der Waals surface area contributed by atoms with Crippen molar-refractivity contribution in [3.8, 4) is 0 Å². The lowest BCUT2D eigenvalue weighted by Gasteiger charge is -2.21. The fraction of sp³-hybridized carbons (Fsp3) is 0.538. The second kappa shape index (κ2) is 5.27. The number of hydrogen-bond acceptors (Lipinski definition) is 5. The molecule has 3 heterocycles. The third-order valence-corrected chi connectivity index (χ3v) is 5.55. The highest BCUT2D eigenvalue weighted by Gasteiger charge is 2.38. The van der Waals surface area contributed by atoms with Crippen molar-refractivity contribution in [3.05, 3.63) is 30.0 Å². The van der Waals surface area contributed by atoms with Gasteiger partial charge in [-0.15, -0.1) is 0 Å². The molecule has 0 aliphatic carbocycles. The average molecular weight is 310 g/mol. The van der Waals surface area contributed by atoms with Gasteiger partial charge in [0, 0.05) is 18.5 Å². The molecule has 0 unspecified atom stereocenters. The first-order valence-corrected chi connectivity index (χ1v) is 8.41. The van der Waals surface area contributed by atoms with Gasteiger partial charge in [0.1, 0.15) is 11.5 Å². The monoisotopic (exact) mass is 310 g/mol. The smallest absolute Gasteiger partial charge is 0.260 e. The maximum absolute atomic E-state index is 12.6. The highest BCUT2D eigenvalue weighted by molar-refractivity contribution is 7.89. The molecular weight excluding hydrogens is 292 g/mol. The van der Waals surface area contributed by atoms with Gasteiger partial charge in [-0.1, -0.05) is 19.0 Å². The van der Waals surface area contributed by atoms with Crippen LogP contribution in [0.4, 0.5) is 0 Å². The van der Waals surface area contributed by atoms with Crippen LogP contribution in [0, 0.1) is 0 Å². The van der Waals surface area contributed by atoms with Crippen LogP contribution in [0.1, 0.15) is 50.1 Å². The summed E-state index contributed by atoms with van der Waals surface area (Å²) in [5.41, 5.74) is 0.680. The van der Waals surface area contributed by atoms with Gasteiger partial charge in [0.15, 0.2) is 5.03 Å². The SMILES string of the molecule is CC(C)c1cc([C@@H]2CCCN2S(=O)(=O)c2cnc[nH]2)no1. The van der Waals surface area contributed by atoms with Crippen molar-refractivity contribution >= 4 is 10.0 Å². The number of aromatic amines is 1. The molecule has 1 saturated heterocycles.